The molecule has 0 aliphatic heterocycles. The molecule has 0 N–H and O–H groups in total. The Morgan fingerprint density at radius 1 is 1.02 bits per heavy atom. The Kier molecular flexibility index (Phi) is 8.56. The molecular weight excluding hydrogens is 557 g/mol. The number of esters is 1. The number of nitrogens with zero attached hydrogens (tertiary/aromatic N) is 3. The Hall–Kier alpha value is -4.67. The van der Waals surface area contributed by atoms with Crippen molar-refractivity contribution in [1.82, 2.24) is 9.47 Å². The van der Waals surface area contributed by atoms with Crippen molar-refractivity contribution in [2.24, 2.45) is 0 Å². The van der Waals surface area contributed by atoms with Gasteiger partial charge in [-0.2, -0.15) is 0 Å². The minimum atomic E-state index is -0.752. The molecule has 8 nitrogen and oxygen atoms in total. The second-order valence-corrected chi connectivity index (χ2v) is 10.9. The Balaban J connectivity index is 1.73. The number of thiophene rings is 1. The maximum Gasteiger partial charge on any atom is 0.343 e. The van der Waals surface area contributed by atoms with Crippen molar-refractivity contribution in [3.8, 4) is 10.4 Å². The first-order valence-corrected chi connectivity index (χ1v) is 14.1. The number of ether oxygens (including phenoxy) is 1. The Morgan fingerprint density at radius 2 is 1.71 bits per heavy atom. The van der Waals surface area contributed by atoms with Gasteiger partial charge in [-0.05, 0) is 48.9 Å². The number of nitro benzene ring substituents is 1. The van der Waals surface area contributed by atoms with Gasteiger partial charge in [-0.3, -0.25) is 19.8 Å². The fraction of sp³-hybridized carbons (Fsp3) is 0.188. The smallest absolute Gasteiger partial charge is 0.343 e. The first-order chi connectivity index (χ1) is 20.3. The van der Waals surface area contributed by atoms with Gasteiger partial charge < -0.3 is 9.30 Å². The number of nitro groups is 1. The SMILES string of the molecule is CCOC(=O)c1cn(Cc2ccccc2F)c2sc(-c3ccc([N+](=O)[O-])cc3)c(CN(C)Cc3ccccc3)c2c1=O. The van der Waals surface area contributed by atoms with Gasteiger partial charge in [-0.25, -0.2) is 9.18 Å². The highest BCUT2D eigenvalue weighted by Gasteiger charge is 2.25. The summed E-state index contributed by atoms with van der Waals surface area (Å²) < 4.78 is 21.7. The van der Waals surface area contributed by atoms with E-state index in [1.165, 1.54) is 35.7 Å². The molecule has 0 aliphatic carbocycles. The maximum absolute atomic E-state index is 14.7. The average Bonchev–Trinajstić information content (AvgIpc) is 3.35. The summed E-state index contributed by atoms with van der Waals surface area (Å²) in [6, 6.07) is 22.4. The fourth-order valence-electron chi connectivity index (χ4n) is 4.92. The number of hydrogen-bond donors (Lipinski definition) is 0. The molecular formula is C32H28FN3O5S. The number of carbonyl (C=O) groups is 1. The number of benzene rings is 3. The zero-order valence-corrected chi connectivity index (χ0v) is 23.9. The standard InChI is InChI=1S/C32H28FN3O5S/c1-3-41-32(38)26-20-35(18-23-11-7-8-12-27(23)33)31-28(29(26)37)25(19-34(2)17-21-9-5-4-6-10-21)30(42-31)22-13-15-24(16-14-22)36(39)40/h4-16,20H,3,17-19H2,1-2H3. The average molecular weight is 586 g/mol. The van der Waals surface area contributed by atoms with Gasteiger partial charge in [0.05, 0.1) is 23.5 Å². The normalized spacial score (nSPS) is 11.2. The molecule has 5 rings (SSSR count). The number of halogens is 1. The molecule has 0 spiro atoms. The summed E-state index contributed by atoms with van der Waals surface area (Å²) in [7, 11) is 1.93. The number of aromatic nitrogens is 1. The van der Waals surface area contributed by atoms with E-state index in [-0.39, 0.29) is 24.4 Å². The van der Waals surface area contributed by atoms with Gasteiger partial charge >= 0.3 is 5.97 Å². The fourth-order valence-corrected chi connectivity index (χ4v) is 6.21. The largest absolute Gasteiger partial charge is 0.462 e. The lowest BCUT2D eigenvalue weighted by Gasteiger charge is -2.18. The van der Waals surface area contributed by atoms with Crippen molar-refractivity contribution in [1.29, 1.82) is 0 Å². The van der Waals surface area contributed by atoms with Crippen LogP contribution in [0.5, 0.6) is 0 Å². The van der Waals surface area contributed by atoms with E-state index in [0.717, 1.165) is 10.4 Å². The number of non-ortho nitro benzene ring substituents is 1. The molecule has 5 aromatic rings. The summed E-state index contributed by atoms with van der Waals surface area (Å²) in [5.41, 5.74) is 2.19. The van der Waals surface area contributed by atoms with Crippen molar-refractivity contribution in [3.63, 3.8) is 0 Å². The van der Waals surface area contributed by atoms with Crippen LogP contribution in [0.4, 0.5) is 10.1 Å². The summed E-state index contributed by atoms with van der Waals surface area (Å²) in [5.74, 6) is -1.16. The third kappa shape index (κ3) is 6.00. The van der Waals surface area contributed by atoms with Gasteiger partial charge in [0.25, 0.3) is 5.69 Å². The van der Waals surface area contributed by atoms with Crippen LogP contribution in [-0.4, -0.2) is 34.0 Å². The highest BCUT2D eigenvalue weighted by molar-refractivity contribution is 7.22. The summed E-state index contributed by atoms with van der Waals surface area (Å²) >= 11 is 1.33. The van der Waals surface area contributed by atoms with Crippen molar-refractivity contribution < 1.29 is 18.8 Å². The molecule has 0 amide bonds. The van der Waals surface area contributed by atoms with E-state index >= 15 is 0 Å². The predicted molar refractivity (Wildman–Crippen MR) is 161 cm³/mol. The van der Waals surface area contributed by atoms with Crippen molar-refractivity contribution in [3.05, 3.63) is 133 Å². The lowest BCUT2D eigenvalue weighted by atomic mass is 10.0. The first-order valence-electron chi connectivity index (χ1n) is 13.3. The van der Waals surface area contributed by atoms with E-state index in [1.807, 2.05) is 37.4 Å². The minimum Gasteiger partial charge on any atom is -0.462 e. The van der Waals surface area contributed by atoms with E-state index in [2.05, 4.69) is 4.90 Å². The van der Waals surface area contributed by atoms with Crippen molar-refractivity contribution in [2.45, 2.75) is 26.6 Å². The van der Waals surface area contributed by atoms with Crippen LogP contribution < -0.4 is 5.43 Å². The Labute approximate surface area is 245 Å². The minimum absolute atomic E-state index is 0.0497. The molecule has 42 heavy (non-hydrogen) atoms. The van der Waals surface area contributed by atoms with Gasteiger partial charge in [-0.15, -0.1) is 11.3 Å². The number of carbonyl (C=O) groups excluding carboxylic acids is 1. The van der Waals surface area contributed by atoms with E-state index in [9.17, 15) is 24.1 Å². The van der Waals surface area contributed by atoms with E-state index in [0.29, 0.717) is 40.0 Å². The molecule has 3 aromatic carbocycles. The highest BCUT2D eigenvalue weighted by Crippen LogP contribution is 2.39. The van der Waals surface area contributed by atoms with Crippen molar-refractivity contribution >= 4 is 33.2 Å². The van der Waals surface area contributed by atoms with Crippen LogP contribution in [0.3, 0.4) is 0 Å². The van der Waals surface area contributed by atoms with Crippen LogP contribution in [0.1, 0.15) is 34.0 Å². The van der Waals surface area contributed by atoms with Crippen LogP contribution in [-0.2, 0) is 24.4 Å². The number of pyridine rings is 1. The summed E-state index contributed by atoms with van der Waals surface area (Å²) in [6.45, 7) is 2.78. The zero-order chi connectivity index (χ0) is 29.8. The molecule has 0 saturated heterocycles. The third-order valence-corrected chi connectivity index (χ3v) is 8.18. The summed E-state index contributed by atoms with van der Waals surface area (Å²) in [4.78, 5) is 41.1. The summed E-state index contributed by atoms with van der Waals surface area (Å²) in [6.07, 6.45) is 1.43. The Bertz CT molecular complexity index is 1820. The molecule has 0 fully saturated rings. The molecule has 0 radical (unpaired) electrons. The van der Waals surface area contributed by atoms with E-state index < -0.39 is 22.1 Å². The summed E-state index contributed by atoms with van der Waals surface area (Å²) in [5, 5.41) is 11.6. The first kappa shape index (κ1) is 28.8. The van der Waals surface area contributed by atoms with Crippen LogP contribution in [0.15, 0.2) is 89.9 Å². The molecule has 2 heterocycles. The molecule has 0 atom stereocenters. The molecule has 2 aromatic heterocycles. The van der Waals surface area contributed by atoms with Crippen LogP contribution in [0, 0.1) is 15.9 Å². The highest BCUT2D eigenvalue weighted by atomic mass is 32.1. The van der Waals surface area contributed by atoms with Gasteiger partial charge in [0.15, 0.2) is 0 Å². The van der Waals surface area contributed by atoms with E-state index in [1.54, 1.807) is 41.8 Å². The van der Waals surface area contributed by atoms with Crippen molar-refractivity contribution in [2.75, 3.05) is 13.7 Å². The molecule has 0 aliphatic rings. The lowest BCUT2D eigenvalue weighted by molar-refractivity contribution is -0.384. The molecule has 214 valence electrons. The number of fused-ring (bicyclic) bond motifs is 1. The van der Waals surface area contributed by atoms with Gasteiger partial charge in [0, 0.05) is 41.9 Å². The second-order valence-electron chi connectivity index (χ2n) is 9.86. The van der Waals surface area contributed by atoms with Crippen LogP contribution in [0.25, 0.3) is 20.7 Å². The van der Waals surface area contributed by atoms with Gasteiger partial charge in [0.2, 0.25) is 5.43 Å². The van der Waals surface area contributed by atoms with Gasteiger partial charge in [0.1, 0.15) is 16.2 Å². The van der Waals surface area contributed by atoms with Gasteiger partial charge in [-0.1, -0.05) is 48.5 Å². The number of hydrogen-bond acceptors (Lipinski definition) is 7. The molecule has 0 unspecified atom stereocenters. The van der Waals surface area contributed by atoms with Crippen LogP contribution in [0.2, 0.25) is 0 Å². The monoisotopic (exact) mass is 585 g/mol. The maximum atomic E-state index is 14.7. The van der Waals surface area contributed by atoms with Crippen LogP contribution >= 0.6 is 11.3 Å². The van der Waals surface area contributed by atoms with E-state index in [4.69, 9.17) is 4.74 Å². The molecule has 0 bridgehead atoms. The number of rotatable bonds is 10. The lowest BCUT2D eigenvalue weighted by Crippen LogP contribution is -2.23. The predicted octanol–water partition coefficient (Wildman–Crippen LogP) is 6.63. The quantitative estimate of drug-likeness (QED) is 0.104. The topological polar surface area (TPSA) is 94.7 Å². The zero-order valence-electron chi connectivity index (χ0n) is 23.1. The third-order valence-electron chi connectivity index (χ3n) is 6.86. The molecule has 10 heteroatoms. The second kappa shape index (κ2) is 12.5. The molecule has 0 saturated carbocycles. The Morgan fingerprint density at radius 3 is 2.38 bits per heavy atom.